The Labute approximate surface area is 252 Å². The number of esters is 1. The maximum Gasteiger partial charge on any atom is 0.337 e. The van der Waals surface area contributed by atoms with Crippen molar-refractivity contribution >= 4 is 58.8 Å². The lowest BCUT2D eigenvalue weighted by atomic mass is 10.1. The number of ether oxygens (including phenoxy) is 3. The Balaban J connectivity index is 1.58. The SMILES string of the molecule is CCOc1cc(/C=C2/C(=O)NC(=O)N(c3ccc(C(=O)OC)cc3)C2=O)cc(Cl)c1OCC(=O)Nc1cc(C)ccc1C. The fraction of sp³-hybridized carbons (Fsp3) is 0.194. The Morgan fingerprint density at radius 2 is 1.72 bits per heavy atom. The number of aryl methyl sites for hydroxylation is 2. The van der Waals surface area contributed by atoms with Gasteiger partial charge in [-0.15, -0.1) is 0 Å². The molecule has 0 bridgehead atoms. The molecule has 3 aromatic carbocycles. The monoisotopic (exact) mass is 605 g/mol. The number of imide groups is 2. The van der Waals surface area contributed by atoms with E-state index in [1.807, 2.05) is 32.0 Å². The molecule has 11 nitrogen and oxygen atoms in total. The van der Waals surface area contributed by atoms with Crippen LogP contribution < -0.4 is 25.0 Å². The maximum absolute atomic E-state index is 13.3. The van der Waals surface area contributed by atoms with E-state index in [4.69, 9.17) is 21.1 Å². The van der Waals surface area contributed by atoms with E-state index >= 15 is 0 Å². The number of amides is 5. The maximum atomic E-state index is 13.3. The van der Waals surface area contributed by atoms with Crippen LogP contribution in [0.5, 0.6) is 11.5 Å². The van der Waals surface area contributed by atoms with Crippen molar-refractivity contribution in [2.45, 2.75) is 20.8 Å². The van der Waals surface area contributed by atoms with Gasteiger partial charge in [-0.05, 0) is 86.0 Å². The molecule has 0 saturated carbocycles. The number of halogens is 1. The van der Waals surface area contributed by atoms with Gasteiger partial charge in [0.15, 0.2) is 18.1 Å². The van der Waals surface area contributed by atoms with E-state index in [0.717, 1.165) is 16.0 Å². The Morgan fingerprint density at radius 3 is 2.40 bits per heavy atom. The molecule has 0 atom stereocenters. The molecule has 43 heavy (non-hydrogen) atoms. The van der Waals surface area contributed by atoms with Crippen LogP contribution in [0.3, 0.4) is 0 Å². The van der Waals surface area contributed by atoms with Crippen molar-refractivity contribution in [2.75, 3.05) is 30.5 Å². The van der Waals surface area contributed by atoms with Crippen molar-refractivity contribution in [3.05, 3.63) is 87.4 Å². The predicted octanol–water partition coefficient (Wildman–Crippen LogP) is 4.83. The van der Waals surface area contributed by atoms with Crippen LogP contribution in [0.1, 0.15) is 34.0 Å². The Bertz CT molecular complexity index is 1650. The number of nitrogens with one attached hydrogen (secondary N) is 2. The van der Waals surface area contributed by atoms with Crippen LogP contribution in [0.25, 0.3) is 6.08 Å². The number of urea groups is 1. The van der Waals surface area contributed by atoms with Crippen LogP contribution in [0.2, 0.25) is 5.02 Å². The number of benzene rings is 3. The summed E-state index contributed by atoms with van der Waals surface area (Å²) in [6.07, 6.45) is 1.26. The van der Waals surface area contributed by atoms with Gasteiger partial charge >= 0.3 is 12.0 Å². The average molecular weight is 606 g/mol. The molecule has 12 heteroatoms. The van der Waals surface area contributed by atoms with Gasteiger partial charge in [0.05, 0.1) is 30.0 Å². The predicted molar refractivity (Wildman–Crippen MR) is 159 cm³/mol. The van der Waals surface area contributed by atoms with E-state index in [1.54, 1.807) is 6.92 Å². The first-order valence-corrected chi connectivity index (χ1v) is 13.5. The van der Waals surface area contributed by atoms with E-state index in [-0.39, 0.29) is 46.6 Å². The van der Waals surface area contributed by atoms with Crippen molar-refractivity contribution in [1.82, 2.24) is 5.32 Å². The Kier molecular flexibility index (Phi) is 9.46. The number of anilines is 2. The molecule has 1 aliphatic heterocycles. The van der Waals surface area contributed by atoms with Gasteiger partial charge in [0.25, 0.3) is 17.7 Å². The number of nitrogens with zero attached hydrogens (tertiary/aromatic N) is 1. The normalized spacial score (nSPS) is 13.9. The van der Waals surface area contributed by atoms with Crippen molar-refractivity contribution in [2.24, 2.45) is 0 Å². The summed E-state index contributed by atoms with van der Waals surface area (Å²) < 4.78 is 16.1. The van der Waals surface area contributed by atoms with Gasteiger partial charge in [-0.1, -0.05) is 23.7 Å². The second kappa shape index (κ2) is 13.2. The van der Waals surface area contributed by atoms with Crippen LogP contribution in [0.4, 0.5) is 16.2 Å². The molecule has 1 fully saturated rings. The first-order chi connectivity index (χ1) is 20.5. The molecule has 0 spiro atoms. The summed E-state index contributed by atoms with van der Waals surface area (Å²) in [5, 5.41) is 5.01. The largest absolute Gasteiger partial charge is 0.490 e. The minimum atomic E-state index is -0.950. The second-order valence-electron chi connectivity index (χ2n) is 9.41. The minimum absolute atomic E-state index is 0.0623. The lowest BCUT2D eigenvalue weighted by Crippen LogP contribution is -2.54. The average Bonchev–Trinajstić information content (AvgIpc) is 2.96. The van der Waals surface area contributed by atoms with Gasteiger partial charge in [0.2, 0.25) is 0 Å². The number of rotatable bonds is 9. The molecular formula is C31H28ClN3O8. The topological polar surface area (TPSA) is 140 Å². The van der Waals surface area contributed by atoms with Crippen molar-refractivity contribution in [1.29, 1.82) is 0 Å². The molecule has 2 N–H and O–H groups in total. The lowest BCUT2D eigenvalue weighted by Gasteiger charge is -2.26. The van der Waals surface area contributed by atoms with Crippen LogP contribution in [0, 0.1) is 13.8 Å². The van der Waals surface area contributed by atoms with Gasteiger partial charge in [-0.25, -0.2) is 14.5 Å². The highest BCUT2D eigenvalue weighted by Gasteiger charge is 2.37. The number of hydrogen-bond acceptors (Lipinski definition) is 8. The molecule has 1 saturated heterocycles. The van der Waals surface area contributed by atoms with Crippen LogP contribution >= 0.6 is 11.6 Å². The lowest BCUT2D eigenvalue weighted by molar-refractivity contribution is -0.122. The number of carbonyl (C=O) groups is 5. The van der Waals surface area contributed by atoms with Crippen molar-refractivity contribution in [3.63, 3.8) is 0 Å². The summed E-state index contributed by atoms with van der Waals surface area (Å²) in [4.78, 5) is 63.7. The number of methoxy groups -OCH3 is 1. The van der Waals surface area contributed by atoms with E-state index < -0.39 is 29.7 Å². The van der Waals surface area contributed by atoms with E-state index in [2.05, 4.69) is 15.4 Å². The molecule has 1 heterocycles. The van der Waals surface area contributed by atoms with Crippen molar-refractivity contribution < 1.29 is 38.2 Å². The molecule has 1 aliphatic rings. The van der Waals surface area contributed by atoms with E-state index in [0.29, 0.717) is 11.3 Å². The third-order valence-electron chi connectivity index (χ3n) is 6.31. The smallest absolute Gasteiger partial charge is 0.337 e. The summed E-state index contributed by atoms with van der Waals surface area (Å²) in [7, 11) is 1.23. The molecule has 3 aromatic rings. The molecule has 4 rings (SSSR count). The Morgan fingerprint density at radius 1 is 1.00 bits per heavy atom. The van der Waals surface area contributed by atoms with Gasteiger partial charge in [-0.2, -0.15) is 0 Å². The fourth-order valence-corrected chi connectivity index (χ4v) is 4.47. The van der Waals surface area contributed by atoms with Crippen LogP contribution in [-0.2, 0) is 19.1 Å². The second-order valence-corrected chi connectivity index (χ2v) is 9.82. The quantitative estimate of drug-likeness (QED) is 0.201. The number of carbonyl (C=O) groups excluding carboxylic acids is 5. The molecule has 0 unspecified atom stereocenters. The van der Waals surface area contributed by atoms with Crippen LogP contribution in [-0.4, -0.2) is 50.0 Å². The standard InChI is InChI=1S/C31H28ClN3O8/c1-5-42-25-15-19(14-23(32)27(25)43-16-26(36)33-24-12-17(2)6-7-18(24)3)13-22-28(37)34-31(40)35(29(22)38)21-10-8-20(9-11-21)30(39)41-4/h6-15H,5,16H2,1-4H3,(H,33,36)(H,34,37,40)/b22-13-. The zero-order valence-corrected chi connectivity index (χ0v) is 24.5. The minimum Gasteiger partial charge on any atom is -0.490 e. The summed E-state index contributed by atoms with van der Waals surface area (Å²) in [5.74, 6) is -2.52. The third kappa shape index (κ3) is 7.02. The molecule has 5 amide bonds. The van der Waals surface area contributed by atoms with E-state index in [1.165, 1.54) is 49.6 Å². The molecule has 222 valence electrons. The molecule has 0 radical (unpaired) electrons. The highest BCUT2D eigenvalue weighted by atomic mass is 35.5. The summed E-state index contributed by atoms with van der Waals surface area (Å²) in [6.45, 7) is 5.40. The van der Waals surface area contributed by atoms with Gasteiger partial charge in [0, 0.05) is 5.69 Å². The van der Waals surface area contributed by atoms with Gasteiger partial charge in [-0.3, -0.25) is 19.7 Å². The highest BCUT2D eigenvalue weighted by Crippen LogP contribution is 2.37. The Hall–Kier alpha value is -5.16. The summed E-state index contributed by atoms with van der Waals surface area (Å²) >= 11 is 6.50. The third-order valence-corrected chi connectivity index (χ3v) is 6.59. The molecular weight excluding hydrogens is 578 g/mol. The zero-order valence-electron chi connectivity index (χ0n) is 23.8. The van der Waals surface area contributed by atoms with Crippen molar-refractivity contribution in [3.8, 4) is 11.5 Å². The summed E-state index contributed by atoms with van der Waals surface area (Å²) in [5.41, 5.74) is 2.84. The first-order valence-electron chi connectivity index (χ1n) is 13.1. The van der Waals surface area contributed by atoms with Gasteiger partial charge < -0.3 is 19.5 Å². The van der Waals surface area contributed by atoms with E-state index in [9.17, 15) is 24.0 Å². The first kappa shape index (κ1) is 30.8. The van der Waals surface area contributed by atoms with Gasteiger partial charge in [0.1, 0.15) is 5.57 Å². The zero-order chi connectivity index (χ0) is 31.3. The number of barbiturate groups is 1. The fourth-order valence-electron chi connectivity index (χ4n) is 4.19. The van der Waals surface area contributed by atoms with Crippen LogP contribution in [0.15, 0.2) is 60.2 Å². The highest BCUT2D eigenvalue weighted by molar-refractivity contribution is 6.39. The number of hydrogen-bond donors (Lipinski definition) is 2. The molecule has 0 aromatic heterocycles. The molecule has 0 aliphatic carbocycles. The summed E-state index contributed by atoms with van der Waals surface area (Å²) in [6, 6.07) is 13.2.